The standard InChI is InChI=1S/C43H27N3/c44-28-29-17-26-43(46-41-15-7-3-11-36(41)37-12-4-8-16-42(37)46)38(27-29)32-20-18-30(19-21-32)31-22-24-33(25-23-31)45-39-13-5-1-9-34(39)35-10-2-6-14-40(35)45/h1-27H. The summed E-state index contributed by atoms with van der Waals surface area (Å²) in [4.78, 5) is 0. The normalized spacial score (nSPS) is 11.5. The lowest BCUT2D eigenvalue weighted by Crippen LogP contribution is -1.98. The molecule has 0 fully saturated rings. The molecule has 46 heavy (non-hydrogen) atoms. The summed E-state index contributed by atoms with van der Waals surface area (Å²) in [6.45, 7) is 0. The summed E-state index contributed by atoms with van der Waals surface area (Å²) >= 11 is 0. The Labute approximate surface area is 266 Å². The first kappa shape index (κ1) is 26.1. The Bertz CT molecular complexity index is 2520. The Balaban J connectivity index is 1.12. The largest absolute Gasteiger partial charge is 0.309 e. The number of benzene rings is 7. The molecule has 0 radical (unpaired) electrons. The van der Waals surface area contributed by atoms with E-state index in [-0.39, 0.29) is 0 Å². The van der Waals surface area contributed by atoms with Gasteiger partial charge in [0.2, 0.25) is 0 Å². The number of hydrogen-bond donors (Lipinski definition) is 0. The fourth-order valence-electron chi connectivity index (χ4n) is 7.06. The predicted molar refractivity (Wildman–Crippen MR) is 191 cm³/mol. The van der Waals surface area contributed by atoms with Crippen LogP contribution >= 0.6 is 0 Å². The van der Waals surface area contributed by atoms with Crippen LogP contribution in [0, 0.1) is 11.3 Å². The van der Waals surface area contributed by atoms with Crippen molar-refractivity contribution in [2.45, 2.75) is 0 Å². The second kappa shape index (κ2) is 10.4. The van der Waals surface area contributed by atoms with Crippen LogP contribution in [0.4, 0.5) is 0 Å². The van der Waals surface area contributed by atoms with Gasteiger partial charge in [0.1, 0.15) is 0 Å². The third-order valence-electron chi connectivity index (χ3n) is 9.18. The number of hydrogen-bond acceptors (Lipinski definition) is 1. The van der Waals surface area contributed by atoms with E-state index in [1.165, 1.54) is 32.6 Å². The van der Waals surface area contributed by atoms with Crippen molar-refractivity contribution >= 4 is 43.6 Å². The van der Waals surface area contributed by atoms with Crippen LogP contribution in [0.25, 0.3) is 77.2 Å². The summed E-state index contributed by atoms with van der Waals surface area (Å²) in [5.74, 6) is 0. The van der Waals surface area contributed by atoms with Crippen LogP contribution in [0.2, 0.25) is 0 Å². The average Bonchev–Trinajstić information content (AvgIpc) is 3.65. The highest BCUT2D eigenvalue weighted by Crippen LogP contribution is 2.37. The lowest BCUT2D eigenvalue weighted by molar-refractivity contribution is 1.18. The maximum Gasteiger partial charge on any atom is 0.0991 e. The van der Waals surface area contributed by atoms with Gasteiger partial charge in [-0.15, -0.1) is 0 Å². The lowest BCUT2D eigenvalue weighted by Gasteiger charge is -2.15. The summed E-state index contributed by atoms with van der Waals surface area (Å²) in [5.41, 5.74) is 11.9. The highest BCUT2D eigenvalue weighted by molar-refractivity contribution is 6.10. The van der Waals surface area contributed by atoms with Gasteiger partial charge < -0.3 is 9.13 Å². The van der Waals surface area contributed by atoms with Crippen molar-refractivity contribution in [3.8, 4) is 39.7 Å². The Morgan fingerprint density at radius 2 is 0.804 bits per heavy atom. The van der Waals surface area contributed by atoms with E-state index < -0.39 is 0 Å². The van der Waals surface area contributed by atoms with E-state index in [9.17, 15) is 5.26 Å². The van der Waals surface area contributed by atoms with Crippen LogP contribution in [-0.4, -0.2) is 9.13 Å². The van der Waals surface area contributed by atoms with Gasteiger partial charge in [0.15, 0.2) is 0 Å². The van der Waals surface area contributed by atoms with Crippen molar-refractivity contribution in [1.29, 1.82) is 5.26 Å². The summed E-state index contributed by atoms with van der Waals surface area (Å²) in [7, 11) is 0. The zero-order chi connectivity index (χ0) is 30.6. The van der Waals surface area contributed by atoms with E-state index in [0.29, 0.717) is 5.56 Å². The summed E-state index contributed by atoms with van der Waals surface area (Å²) in [5, 5.41) is 14.8. The highest BCUT2D eigenvalue weighted by Gasteiger charge is 2.16. The van der Waals surface area contributed by atoms with E-state index in [2.05, 4.69) is 167 Å². The summed E-state index contributed by atoms with van der Waals surface area (Å²) in [6, 6.07) is 60.1. The zero-order valence-electron chi connectivity index (χ0n) is 24.9. The Kier molecular flexibility index (Phi) is 5.88. The Morgan fingerprint density at radius 1 is 0.391 bits per heavy atom. The van der Waals surface area contributed by atoms with E-state index in [1.807, 2.05) is 12.1 Å². The topological polar surface area (TPSA) is 33.6 Å². The minimum absolute atomic E-state index is 0.643. The summed E-state index contributed by atoms with van der Waals surface area (Å²) < 4.78 is 4.67. The van der Waals surface area contributed by atoms with E-state index in [0.717, 1.165) is 44.7 Å². The monoisotopic (exact) mass is 585 g/mol. The molecule has 2 aromatic heterocycles. The molecule has 3 heteroatoms. The molecule has 0 spiro atoms. The van der Waals surface area contributed by atoms with Gasteiger partial charge in [-0.3, -0.25) is 0 Å². The molecule has 0 saturated carbocycles. The lowest BCUT2D eigenvalue weighted by atomic mass is 9.97. The van der Waals surface area contributed by atoms with Gasteiger partial charge in [-0.25, -0.2) is 0 Å². The first-order chi connectivity index (χ1) is 22.8. The Hall–Kier alpha value is -6.37. The van der Waals surface area contributed by atoms with Crippen molar-refractivity contribution in [2.75, 3.05) is 0 Å². The van der Waals surface area contributed by atoms with E-state index >= 15 is 0 Å². The predicted octanol–water partition coefficient (Wildman–Crippen LogP) is 11.1. The molecule has 3 nitrogen and oxygen atoms in total. The van der Waals surface area contributed by atoms with E-state index in [4.69, 9.17) is 0 Å². The van der Waals surface area contributed by atoms with Gasteiger partial charge in [-0.1, -0.05) is 109 Å². The molecule has 0 unspecified atom stereocenters. The van der Waals surface area contributed by atoms with Gasteiger partial charge in [0.05, 0.1) is 39.4 Å². The molecule has 0 amide bonds. The smallest absolute Gasteiger partial charge is 0.0991 e. The van der Waals surface area contributed by atoms with Crippen molar-refractivity contribution in [1.82, 2.24) is 9.13 Å². The van der Waals surface area contributed by atoms with Crippen LogP contribution in [0.15, 0.2) is 164 Å². The summed E-state index contributed by atoms with van der Waals surface area (Å²) in [6.07, 6.45) is 0. The third-order valence-corrected chi connectivity index (χ3v) is 9.18. The quantitative estimate of drug-likeness (QED) is 0.202. The Morgan fingerprint density at radius 3 is 1.28 bits per heavy atom. The molecule has 7 aromatic carbocycles. The molecule has 0 atom stereocenters. The molecular formula is C43H27N3. The maximum absolute atomic E-state index is 9.82. The van der Waals surface area contributed by atoms with Crippen LogP contribution in [-0.2, 0) is 0 Å². The molecule has 9 rings (SSSR count). The van der Waals surface area contributed by atoms with Crippen molar-refractivity contribution in [3.05, 3.63) is 169 Å². The number of fused-ring (bicyclic) bond motifs is 6. The molecule has 0 aliphatic carbocycles. The fourth-order valence-corrected chi connectivity index (χ4v) is 7.06. The fraction of sp³-hybridized carbons (Fsp3) is 0. The molecular weight excluding hydrogens is 558 g/mol. The van der Waals surface area contributed by atoms with E-state index in [1.54, 1.807) is 0 Å². The molecule has 0 aliphatic rings. The zero-order valence-corrected chi connectivity index (χ0v) is 24.9. The molecule has 0 saturated heterocycles. The van der Waals surface area contributed by atoms with Gasteiger partial charge in [-0.05, 0) is 71.3 Å². The maximum atomic E-state index is 9.82. The molecule has 0 aliphatic heterocycles. The van der Waals surface area contributed by atoms with Crippen molar-refractivity contribution < 1.29 is 0 Å². The third kappa shape index (κ3) is 3.98. The van der Waals surface area contributed by atoms with Crippen LogP contribution in [0.5, 0.6) is 0 Å². The first-order valence-corrected chi connectivity index (χ1v) is 15.5. The number of nitriles is 1. The van der Waals surface area contributed by atoms with Gasteiger partial charge in [0.25, 0.3) is 0 Å². The molecule has 0 bridgehead atoms. The van der Waals surface area contributed by atoms with Crippen LogP contribution < -0.4 is 0 Å². The minimum atomic E-state index is 0.643. The van der Waals surface area contributed by atoms with Crippen molar-refractivity contribution in [2.24, 2.45) is 0 Å². The minimum Gasteiger partial charge on any atom is -0.309 e. The number of aromatic nitrogens is 2. The van der Waals surface area contributed by atoms with Crippen molar-refractivity contribution in [3.63, 3.8) is 0 Å². The van der Waals surface area contributed by atoms with Gasteiger partial charge in [0, 0.05) is 32.8 Å². The van der Waals surface area contributed by atoms with Gasteiger partial charge >= 0.3 is 0 Å². The average molecular weight is 586 g/mol. The molecule has 2 heterocycles. The van der Waals surface area contributed by atoms with Gasteiger partial charge in [-0.2, -0.15) is 5.26 Å². The second-order valence-electron chi connectivity index (χ2n) is 11.7. The molecule has 214 valence electrons. The highest BCUT2D eigenvalue weighted by atomic mass is 15.0. The molecule has 0 N–H and O–H groups in total. The SMILES string of the molecule is N#Cc1ccc(-n2c3ccccc3c3ccccc32)c(-c2ccc(-c3ccc(-n4c5ccccc5c5ccccc54)cc3)cc2)c1. The number of nitrogens with zero attached hydrogens (tertiary/aromatic N) is 3. The first-order valence-electron chi connectivity index (χ1n) is 15.5. The molecule has 9 aromatic rings. The van der Waals surface area contributed by atoms with Crippen LogP contribution in [0.1, 0.15) is 5.56 Å². The van der Waals surface area contributed by atoms with Crippen LogP contribution in [0.3, 0.4) is 0 Å². The number of rotatable bonds is 4. The number of para-hydroxylation sites is 4. The second-order valence-corrected chi connectivity index (χ2v) is 11.7.